The van der Waals surface area contributed by atoms with Crippen LogP contribution in [0.1, 0.15) is 31.9 Å². The Bertz CT molecular complexity index is 636. The number of carbonyl (C=O) groups is 2. The lowest BCUT2D eigenvalue weighted by molar-refractivity contribution is -0.145. The minimum Gasteiger partial charge on any atom is -0.480 e. The standard InChI is InChI=1S/C15H18N2O3S2/c1-3-4-7-11(14(19)20)17-13(18)12(22-15(17)21)9-10-6-5-8-16(10)2/h5-6,8-9,11H,3-4,7H2,1-2H3,(H,19,20)/t11-/m0/s1. The number of carbonyl (C=O) groups excluding carboxylic acids is 1. The number of unbranched alkanes of at least 4 members (excludes halogenated alkanes) is 1. The van der Waals surface area contributed by atoms with Gasteiger partial charge in [0.25, 0.3) is 5.91 Å². The molecule has 1 fully saturated rings. The van der Waals surface area contributed by atoms with E-state index >= 15 is 0 Å². The van der Waals surface area contributed by atoms with Gasteiger partial charge in [-0.2, -0.15) is 0 Å². The zero-order chi connectivity index (χ0) is 16.3. The Balaban J connectivity index is 2.26. The Morgan fingerprint density at radius 3 is 2.82 bits per heavy atom. The van der Waals surface area contributed by atoms with Crippen molar-refractivity contribution in [2.75, 3.05) is 0 Å². The fourth-order valence-corrected chi connectivity index (χ4v) is 3.61. The van der Waals surface area contributed by atoms with Crippen LogP contribution in [0.3, 0.4) is 0 Å². The van der Waals surface area contributed by atoms with Crippen molar-refractivity contribution < 1.29 is 14.7 Å². The van der Waals surface area contributed by atoms with Crippen LogP contribution in [-0.4, -0.2) is 36.8 Å². The second kappa shape index (κ2) is 7.11. The van der Waals surface area contributed by atoms with E-state index in [0.29, 0.717) is 15.6 Å². The lowest BCUT2D eigenvalue weighted by Crippen LogP contribution is -2.43. The number of aliphatic carboxylic acids is 1. The largest absolute Gasteiger partial charge is 0.480 e. The van der Waals surface area contributed by atoms with Crippen molar-refractivity contribution in [1.29, 1.82) is 0 Å². The predicted molar refractivity (Wildman–Crippen MR) is 91.4 cm³/mol. The number of amides is 1. The van der Waals surface area contributed by atoms with Gasteiger partial charge in [0.2, 0.25) is 0 Å². The first kappa shape index (κ1) is 16.8. The number of carboxylic acids is 1. The van der Waals surface area contributed by atoms with Gasteiger partial charge in [0.15, 0.2) is 0 Å². The van der Waals surface area contributed by atoms with E-state index in [1.54, 1.807) is 6.08 Å². The molecule has 5 nitrogen and oxygen atoms in total. The average Bonchev–Trinajstić information content (AvgIpc) is 2.97. The number of carboxylic acid groups (broad SMARTS) is 1. The van der Waals surface area contributed by atoms with E-state index in [2.05, 4.69) is 0 Å². The van der Waals surface area contributed by atoms with Gasteiger partial charge in [0, 0.05) is 18.9 Å². The van der Waals surface area contributed by atoms with Crippen LogP contribution in [0.15, 0.2) is 23.2 Å². The fraction of sp³-hybridized carbons (Fsp3) is 0.400. The van der Waals surface area contributed by atoms with E-state index < -0.39 is 12.0 Å². The highest BCUT2D eigenvalue weighted by atomic mass is 32.2. The molecule has 1 aliphatic heterocycles. The van der Waals surface area contributed by atoms with Crippen LogP contribution in [0.5, 0.6) is 0 Å². The molecule has 2 rings (SSSR count). The van der Waals surface area contributed by atoms with Crippen LogP contribution in [0, 0.1) is 0 Å². The van der Waals surface area contributed by atoms with Gasteiger partial charge in [0.1, 0.15) is 10.4 Å². The SMILES string of the molecule is CCCC[C@@H](C(=O)O)N1C(=O)C(=Cc2cccn2C)SC1=S. The molecule has 1 N–H and O–H groups in total. The second-order valence-electron chi connectivity index (χ2n) is 5.09. The molecule has 0 saturated carbocycles. The third-order valence-electron chi connectivity index (χ3n) is 3.51. The number of hydrogen-bond acceptors (Lipinski definition) is 4. The van der Waals surface area contributed by atoms with E-state index in [4.69, 9.17) is 12.2 Å². The first-order chi connectivity index (χ1) is 10.5. The molecule has 7 heteroatoms. The smallest absolute Gasteiger partial charge is 0.326 e. The number of hydrogen-bond donors (Lipinski definition) is 1. The number of aryl methyl sites for hydroxylation is 1. The molecule has 0 radical (unpaired) electrons. The van der Waals surface area contributed by atoms with Crippen LogP contribution in [0.25, 0.3) is 6.08 Å². The average molecular weight is 338 g/mol. The summed E-state index contributed by atoms with van der Waals surface area (Å²) in [6.45, 7) is 1.98. The van der Waals surface area contributed by atoms with Crippen molar-refractivity contribution in [3.05, 3.63) is 28.9 Å². The molecular weight excluding hydrogens is 320 g/mol. The van der Waals surface area contributed by atoms with Crippen molar-refractivity contribution in [3.63, 3.8) is 0 Å². The van der Waals surface area contributed by atoms with E-state index in [1.165, 1.54) is 4.90 Å². The van der Waals surface area contributed by atoms with Crippen molar-refractivity contribution >= 4 is 46.3 Å². The van der Waals surface area contributed by atoms with E-state index in [0.717, 1.165) is 30.3 Å². The molecule has 0 bridgehead atoms. The summed E-state index contributed by atoms with van der Waals surface area (Å²) in [6.07, 6.45) is 5.66. The van der Waals surface area contributed by atoms with Crippen molar-refractivity contribution in [2.24, 2.45) is 7.05 Å². The molecule has 1 aromatic rings. The summed E-state index contributed by atoms with van der Waals surface area (Å²) in [5.41, 5.74) is 0.876. The van der Waals surface area contributed by atoms with Gasteiger partial charge in [-0.05, 0) is 24.6 Å². The molecule has 1 saturated heterocycles. The Kier molecular flexibility index (Phi) is 5.42. The Morgan fingerprint density at radius 2 is 2.27 bits per heavy atom. The molecule has 1 amide bonds. The van der Waals surface area contributed by atoms with Crippen LogP contribution in [0.2, 0.25) is 0 Å². The summed E-state index contributed by atoms with van der Waals surface area (Å²) in [5, 5.41) is 9.40. The first-order valence-corrected chi connectivity index (χ1v) is 8.29. The Morgan fingerprint density at radius 1 is 1.55 bits per heavy atom. The quantitative estimate of drug-likeness (QED) is 0.638. The Hall–Kier alpha value is -1.60. The van der Waals surface area contributed by atoms with Crippen molar-refractivity contribution in [3.8, 4) is 0 Å². The lowest BCUT2D eigenvalue weighted by atomic mass is 10.1. The van der Waals surface area contributed by atoms with Crippen molar-refractivity contribution in [1.82, 2.24) is 9.47 Å². The highest BCUT2D eigenvalue weighted by Crippen LogP contribution is 2.35. The maximum atomic E-state index is 12.5. The minimum absolute atomic E-state index is 0.314. The third-order valence-corrected chi connectivity index (χ3v) is 4.84. The van der Waals surface area contributed by atoms with Gasteiger partial charge in [-0.25, -0.2) is 4.79 Å². The first-order valence-electron chi connectivity index (χ1n) is 7.07. The van der Waals surface area contributed by atoms with Crippen LogP contribution in [-0.2, 0) is 16.6 Å². The number of aromatic nitrogens is 1. The highest BCUT2D eigenvalue weighted by molar-refractivity contribution is 8.26. The summed E-state index contributed by atoms with van der Waals surface area (Å²) in [4.78, 5) is 25.7. The van der Waals surface area contributed by atoms with Gasteiger partial charge in [-0.15, -0.1) is 0 Å². The van der Waals surface area contributed by atoms with Gasteiger partial charge in [-0.1, -0.05) is 43.7 Å². The summed E-state index contributed by atoms with van der Waals surface area (Å²) in [5.74, 6) is -1.33. The fourth-order valence-electron chi connectivity index (χ4n) is 2.27. The summed E-state index contributed by atoms with van der Waals surface area (Å²) in [7, 11) is 1.88. The summed E-state index contributed by atoms with van der Waals surface area (Å²) >= 11 is 6.39. The molecule has 0 spiro atoms. The van der Waals surface area contributed by atoms with Crippen LogP contribution in [0.4, 0.5) is 0 Å². The predicted octanol–water partition coefficient (Wildman–Crippen LogP) is 2.87. The van der Waals surface area contributed by atoms with Gasteiger partial charge >= 0.3 is 5.97 Å². The molecule has 2 heterocycles. The number of nitrogens with zero attached hydrogens (tertiary/aromatic N) is 2. The van der Waals surface area contributed by atoms with E-state index in [9.17, 15) is 14.7 Å². The van der Waals surface area contributed by atoms with Gasteiger partial charge in [0.05, 0.1) is 4.91 Å². The Labute approximate surface area is 139 Å². The molecule has 0 aromatic carbocycles. The maximum absolute atomic E-state index is 12.5. The molecule has 118 valence electrons. The molecule has 1 atom stereocenters. The van der Waals surface area contributed by atoms with E-state index in [1.807, 2.05) is 36.9 Å². The minimum atomic E-state index is -1.01. The monoisotopic (exact) mass is 338 g/mol. The zero-order valence-corrected chi connectivity index (χ0v) is 14.1. The van der Waals surface area contributed by atoms with Crippen LogP contribution < -0.4 is 0 Å². The zero-order valence-electron chi connectivity index (χ0n) is 12.5. The molecule has 22 heavy (non-hydrogen) atoms. The topological polar surface area (TPSA) is 62.5 Å². The number of thioether (sulfide) groups is 1. The van der Waals surface area contributed by atoms with Gasteiger partial charge < -0.3 is 9.67 Å². The van der Waals surface area contributed by atoms with Gasteiger partial charge in [-0.3, -0.25) is 9.69 Å². The third kappa shape index (κ3) is 3.41. The summed E-state index contributed by atoms with van der Waals surface area (Å²) in [6, 6.07) is 2.89. The molecular formula is C15H18N2O3S2. The number of rotatable bonds is 6. The molecule has 0 unspecified atom stereocenters. The van der Waals surface area contributed by atoms with Crippen molar-refractivity contribution in [2.45, 2.75) is 32.2 Å². The highest BCUT2D eigenvalue weighted by Gasteiger charge is 2.40. The van der Waals surface area contributed by atoms with E-state index in [-0.39, 0.29) is 5.91 Å². The summed E-state index contributed by atoms with van der Waals surface area (Å²) < 4.78 is 2.20. The second-order valence-corrected chi connectivity index (χ2v) is 6.77. The normalized spacial score (nSPS) is 18.3. The maximum Gasteiger partial charge on any atom is 0.326 e. The number of thiocarbonyl (C=S) groups is 1. The molecule has 1 aromatic heterocycles. The lowest BCUT2D eigenvalue weighted by Gasteiger charge is -2.22. The van der Waals surface area contributed by atoms with Crippen LogP contribution >= 0.6 is 24.0 Å². The molecule has 0 aliphatic carbocycles. The molecule has 1 aliphatic rings.